The first kappa shape index (κ1) is 93.8. The second-order valence-electron chi connectivity index (χ2n) is 23.7. The van der Waals surface area contributed by atoms with Gasteiger partial charge in [-0.05, 0) is 187 Å². The summed E-state index contributed by atoms with van der Waals surface area (Å²) < 4.78 is 28.6. The molecular formula is C82H125N7O10P4. The molecule has 0 radical (unpaired) electrons. The van der Waals surface area contributed by atoms with E-state index in [2.05, 4.69) is 106 Å². The molecule has 6 aromatic carbocycles. The van der Waals surface area contributed by atoms with E-state index in [9.17, 15) is 24.0 Å². The van der Waals surface area contributed by atoms with Gasteiger partial charge < -0.3 is 53.8 Å². The molecule has 0 spiro atoms. The van der Waals surface area contributed by atoms with Crippen molar-refractivity contribution in [2.75, 3.05) is 76.5 Å². The van der Waals surface area contributed by atoms with E-state index in [1.807, 2.05) is 224 Å². The predicted octanol–water partition coefficient (Wildman–Crippen LogP) is 18.3. The minimum absolute atomic E-state index is 0.0418. The molecule has 103 heavy (non-hydrogen) atoms. The second-order valence-corrected chi connectivity index (χ2v) is 26.2. The number of aromatic nitrogens is 1. The largest absolute Gasteiger partial charge is 0.481 e. The van der Waals surface area contributed by atoms with E-state index in [-0.39, 0.29) is 47.7 Å². The molecule has 9 atom stereocenters. The Balaban J connectivity index is 0.000000601. The number of esters is 4. The highest BCUT2D eigenvalue weighted by molar-refractivity contribution is 7.19. The molecule has 0 saturated carbocycles. The van der Waals surface area contributed by atoms with Gasteiger partial charge in [0.25, 0.3) is 0 Å². The average Bonchev–Trinajstić information content (AvgIpc) is 0.816. The lowest BCUT2D eigenvalue weighted by molar-refractivity contribution is -0.156. The van der Waals surface area contributed by atoms with Crippen LogP contribution in [-0.4, -0.2) is 104 Å². The third-order valence-electron chi connectivity index (χ3n) is 15.4. The fourth-order valence-electron chi connectivity index (χ4n) is 11.2. The molecule has 0 bridgehead atoms. The van der Waals surface area contributed by atoms with Gasteiger partial charge in [0.05, 0.1) is 55.1 Å². The van der Waals surface area contributed by atoms with Crippen LogP contribution in [-0.2, 0) is 70.2 Å². The number of nitrogens with two attached hydrogens (primary N) is 1. The molecule has 0 amide bonds. The Bertz CT molecular complexity index is 3560. The first-order valence-corrected chi connectivity index (χ1v) is 39.0. The van der Waals surface area contributed by atoms with Gasteiger partial charge in [-0.1, -0.05) is 192 Å². The number of nitrogens with one attached hydrogen (secondary N) is 1. The van der Waals surface area contributed by atoms with Crippen LogP contribution in [0, 0.1) is 23.7 Å². The Morgan fingerprint density at radius 2 is 0.883 bits per heavy atom. The fraction of sp³-hybridized carbons (Fsp3) is 0.463. The van der Waals surface area contributed by atoms with Crippen molar-refractivity contribution in [3.63, 3.8) is 0 Å². The van der Waals surface area contributed by atoms with Gasteiger partial charge in [-0.3, -0.25) is 24.2 Å². The first-order valence-electron chi connectivity index (χ1n) is 36.9. The van der Waals surface area contributed by atoms with Crippen LogP contribution in [0.5, 0.6) is 0 Å². The molecule has 7 aromatic rings. The normalized spacial score (nSPS) is 16.4. The highest BCUT2D eigenvalue weighted by atomic mass is 31.0. The summed E-state index contributed by atoms with van der Waals surface area (Å²) in [5.41, 5.74) is 19.0. The number of para-hydroxylation sites is 6. The van der Waals surface area contributed by atoms with E-state index in [4.69, 9.17) is 29.8 Å². The number of fused-ring (bicyclic) bond motifs is 6. The molecule has 21 heteroatoms. The monoisotopic (exact) mass is 1490 g/mol. The summed E-state index contributed by atoms with van der Waals surface area (Å²) in [6.07, 6.45) is 6.16. The number of aliphatic carboxylic acids is 1. The van der Waals surface area contributed by atoms with Gasteiger partial charge in [-0.15, -0.1) is 0 Å². The molecule has 6 heterocycles. The number of ether oxygens (including phenoxy) is 4. The van der Waals surface area contributed by atoms with Crippen LogP contribution in [0.15, 0.2) is 158 Å². The Morgan fingerprint density at radius 1 is 0.495 bits per heavy atom. The summed E-state index contributed by atoms with van der Waals surface area (Å²) in [5, 5.41) is 13.1. The van der Waals surface area contributed by atoms with Gasteiger partial charge in [0.2, 0.25) is 0 Å². The number of benzene rings is 6. The SMILES string of the molecule is CC.CC.CC.CC.CC.CC.CC(C)(C)OC(=O)CC1Cc2ccccc2N(P)C1.CCOC(=O)C1CNc2ccccc2C1.CCOC(=O)C1Cc2ccccc2N(P)C1.CCOC(=O)c1cnc2ccccc2c1.NC1Cc2ccccc2N(P)C1.O=C(O)C1Cc2ccccc2N(P)C1. The quantitative estimate of drug-likeness (QED) is 0.0698. The lowest BCUT2D eigenvalue weighted by Crippen LogP contribution is -2.38. The van der Waals surface area contributed by atoms with Gasteiger partial charge >= 0.3 is 29.8 Å². The number of carboxylic acids is 1. The average molecular weight is 1490 g/mol. The van der Waals surface area contributed by atoms with Crippen LogP contribution in [0.1, 0.15) is 169 Å². The van der Waals surface area contributed by atoms with Crippen LogP contribution in [0.3, 0.4) is 0 Å². The Morgan fingerprint density at radius 3 is 1.37 bits per heavy atom. The number of carboxylic acid groups (broad SMARTS) is 1. The van der Waals surface area contributed by atoms with Crippen molar-refractivity contribution >= 4 is 107 Å². The lowest BCUT2D eigenvalue weighted by atomic mass is 9.91. The molecular weight excluding hydrogens is 1370 g/mol. The highest BCUT2D eigenvalue weighted by Gasteiger charge is 2.31. The van der Waals surface area contributed by atoms with Crippen LogP contribution in [0.2, 0.25) is 0 Å². The maximum Gasteiger partial charge on any atom is 0.339 e. The number of hydrogen-bond donors (Lipinski definition) is 3. The summed E-state index contributed by atoms with van der Waals surface area (Å²) in [6.45, 7) is 40.2. The van der Waals surface area contributed by atoms with Crippen molar-refractivity contribution in [1.29, 1.82) is 0 Å². The molecule has 1 aromatic heterocycles. The van der Waals surface area contributed by atoms with Crippen molar-refractivity contribution in [3.8, 4) is 0 Å². The van der Waals surface area contributed by atoms with Gasteiger partial charge in [0.15, 0.2) is 0 Å². The number of hydrogen-bond acceptors (Lipinski definition) is 16. The van der Waals surface area contributed by atoms with Gasteiger partial charge in [-0.25, -0.2) is 4.79 Å². The summed E-state index contributed by atoms with van der Waals surface area (Å²) >= 11 is 0. The molecule has 4 N–H and O–H groups in total. The zero-order valence-electron chi connectivity index (χ0n) is 65.0. The van der Waals surface area contributed by atoms with Crippen LogP contribution >= 0.6 is 37.6 Å². The van der Waals surface area contributed by atoms with Crippen molar-refractivity contribution in [3.05, 3.63) is 191 Å². The summed E-state index contributed by atoms with van der Waals surface area (Å²) in [4.78, 5) is 61.6. The van der Waals surface area contributed by atoms with E-state index in [1.165, 1.54) is 39.3 Å². The number of anilines is 5. The number of carbonyl (C=O) groups excluding carboxylic acids is 4. The number of rotatable bonds is 9. The van der Waals surface area contributed by atoms with Gasteiger partial charge in [-0.2, -0.15) is 0 Å². The van der Waals surface area contributed by atoms with E-state index >= 15 is 0 Å². The maximum atomic E-state index is 11.9. The number of pyridine rings is 1. The molecule has 5 aliphatic heterocycles. The molecule has 17 nitrogen and oxygen atoms in total. The van der Waals surface area contributed by atoms with Crippen molar-refractivity contribution in [1.82, 2.24) is 4.98 Å². The Kier molecular flexibility index (Phi) is 48.0. The smallest absolute Gasteiger partial charge is 0.339 e. The topological polar surface area (TPSA) is 206 Å². The van der Waals surface area contributed by atoms with Crippen molar-refractivity contribution in [2.45, 2.75) is 175 Å². The Labute approximate surface area is 628 Å². The molecule has 9 unspecified atom stereocenters. The number of nitrogens with zero attached hydrogens (tertiary/aromatic N) is 5. The summed E-state index contributed by atoms with van der Waals surface area (Å²) in [7, 11) is 10.7. The van der Waals surface area contributed by atoms with Gasteiger partial charge in [0.1, 0.15) is 5.60 Å². The minimum atomic E-state index is -0.716. The fourth-order valence-corrected chi connectivity index (χ4v) is 13.3. The van der Waals surface area contributed by atoms with Crippen molar-refractivity contribution < 1.29 is 48.0 Å². The van der Waals surface area contributed by atoms with Crippen LogP contribution in [0.4, 0.5) is 28.4 Å². The van der Waals surface area contributed by atoms with Crippen LogP contribution in [0.25, 0.3) is 10.9 Å². The third kappa shape index (κ3) is 32.3. The van der Waals surface area contributed by atoms with E-state index < -0.39 is 11.6 Å². The zero-order valence-corrected chi connectivity index (χ0v) is 69.7. The molecule has 5 aliphatic rings. The summed E-state index contributed by atoms with van der Waals surface area (Å²) in [6, 6.07) is 50.6. The van der Waals surface area contributed by atoms with Crippen molar-refractivity contribution in [2.24, 2.45) is 29.4 Å². The minimum Gasteiger partial charge on any atom is -0.481 e. The van der Waals surface area contributed by atoms with E-state index in [0.29, 0.717) is 63.8 Å². The zero-order chi connectivity index (χ0) is 77.6. The molecule has 0 saturated heterocycles. The molecule has 12 rings (SSSR count). The Hall–Kier alpha value is -7.24. The van der Waals surface area contributed by atoms with E-state index in [0.717, 1.165) is 66.6 Å². The first-order chi connectivity index (χ1) is 49.6. The highest BCUT2D eigenvalue weighted by Crippen LogP contribution is 2.36. The van der Waals surface area contributed by atoms with Gasteiger partial charge in [0, 0.05) is 78.8 Å². The number of carbonyl (C=O) groups is 5. The third-order valence-corrected chi connectivity index (χ3v) is 17.4. The molecule has 0 aliphatic carbocycles. The molecule has 0 fully saturated rings. The standard InChI is InChI=1S/C15H22NO2P.C12H16NO2P.C12H15NO2.C12H11NO2.C10H12NO2P.C9H13N2P.6C2H6/c1-15(2,3)18-14(17)9-11-8-12-6-4-5-7-13(12)16(19)10-11;1-2-15-12(14)10-7-9-5-3-4-6-11(9)13(16)8-10;2*1-2-15-12(14)10-7-9-5-3-4-6-11(9)13-8-10;12-10(13)8-5-7-3-1-2-4-9(7)11(14)6-8;10-8-5-7-3-1-2-4-9(7)11(12)6-8;6*1-2/h4-7,11H,8-10,19H2,1-3H3;3-6,10H,2,7-8,16H2,1H3;3-6,10,13H,2,7-8H2,1H3;3-8H,2H2,1H3;1-4,8H,5-6,14H2,(H,12,13);1-4,8H,5-6,10,12H2;6*1-2H3. The predicted molar refractivity (Wildman–Crippen MR) is 447 cm³/mol. The second kappa shape index (κ2) is 52.7. The molecule has 568 valence electrons. The summed E-state index contributed by atoms with van der Waals surface area (Å²) in [5.74, 6) is -1.39. The lowest BCUT2D eigenvalue weighted by Gasteiger charge is -2.33. The van der Waals surface area contributed by atoms with Crippen LogP contribution < -0.4 is 29.7 Å². The maximum absolute atomic E-state index is 11.9. The van der Waals surface area contributed by atoms with E-state index in [1.54, 1.807) is 19.2 Å².